The van der Waals surface area contributed by atoms with Crippen molar-refractivity contribution in [2.45, 2.75) is 64.5 Å². The van der Waals surface area contributed by atoms with Gasteiger partial charge in [0.15, 0.2) is 0 Å². The topological polar surface area (TPSA) is 42.7 Å². The smallest absolute Gasteiger partial charge is 0.128 e. The van der Waals surface area contributed by atoms with Gasteiger partial charge in [0.1, 0.15) is 17.1 Å². The number of benzene rings is 2. The Bertz CT molecular complexity index is 1350. The Labute approximate surface area is 248 Å². The van der Waals surface area contributed by atoms with Gasteiger partial charge >= 0.3 is 0 Å². The fraction of sp³-hybridized carbons (Fsp3) is 0.438. The maximum atomic E-state index is 14.0. The number of rotatable bonds is 13. The van der Waals surface area contributed by atoms with Gasteiger partial charge in [0.25, 0.3) is 0 Å². The van der Waals surface area contributed by atoms with Gasteiger partial charge in [0.05, 0.1) is 24.1 Å². The van der Waals surface area contributed by atoms with Crippen LogP contribution in [0.1, 0.15) is 50.1 Å². The molecule has 0 bridgehead atoms. The molecule has 1 saturated heterocycles. The van der Waals surface area contributed by atoms with Crippen molar-refractivity contribution in [1.82, 2.24) is 14.5 Å². The van der Waals surface area contributed by atoms with E-state index in [1.54, 1.807) is 12.1 Å². The third-order valence-electron chi connectivity index (χ3n) is 7.46. The van der Waals surface area contributed by atoms with Crippen LogP contribution in [0.3, 0.4) is 0 Å². The summed E-state index contributed by atoms with van der Waals surface area (Å²) in [6.45, 7) is 12.1. The Morgan fingerprint density at radius 1 is 1.25 bits per heavy atom. The van der Waals surface area contributed by atoms with Crippen LogP contribution in [0.2, 0.25) is 5.02 Å². The fourth-order valence-electron chi connectivity index (χ4n) is 5.19. The molecule has 0 radical (unpaired) electrons. The summed E-state index contributed by atoms with van der Waals surface area (Å²) in [5, 5.41) is 0.407. The molecule has 214 valence electrons. The van der Waals surface area contributed by atoms with Gasteiger partial charge in [-0.1, -0.05) is 49.7 Å². The van der Waals surface area contributed by atoms with Gasteiger partial charge in [0.2, 0.25) is 0 Å². The number of piperidine rings is 1. The number of halogens is 2. The average Bonchev–Trinajstić information content (AvgIpc) is 3.29. The van der Waals surface area contributed by atoms with Crippen LogP contribution < -0.4 is 0 Å². The van der Waals surface area contributed by atoms with Crippen molar-refractivity contribution in [3.05, 3.63) is 88.1 Å². The highest BCUT2D eigenvalue weighted by Crippen LogP contribution is 2.28. The summed E-state index contributed by atoms with van der Waals surface area (Å²) in [6, 6.07) is 11.3. The van der Waals surface area contributed by atoms with Crippen molar-refractivity contribution < 1.29 is 9.13 Å². The van der Waals surface area contributed by atoms with E-state index in [0.717, 1.165) is 67.9 Å². The predicted octanol–water partition coefficient (Wildman–Crippen LogP) is 7.67. The number of likely N-dealkylation sites (tertiary alicyclic amines) is 1. The van der Waals surface area contributed by atoms with Crippen molar-refractivity contribution in [3.63, 3.8) is 0 Å². The predicted molar refractivity (Wildman–Crippen MR) is 168 cm³/mol. The molecule has 3 aromatic rings. The summed E-state index contributed by atoms with van der Waals surface area (Å²) in [5.74, 6) is 1.12. The number of hydrogen-bond acceptors (Lipinski definition) is 5. The van der Waals surface area contributed by atoms with E-state index in [4.69, 9.17) is 34.0 Å². The van der Waals surface area contributed by atoms with E-state index in [1.165, 1.54) is 11.6 Å². The highest BCUT2D eigenvalue weighted by atomic mass is 35.5. The van der Waals surface area contributed by atoms with Crippen LogP contribution in [-0.2, 0) is 30.7 Å². The van der Waals surface area contributed by atoms with Gasteiger partial charge in [-0.05, 0) is 93.4 Å². The Balaban J connectivity index is 1.39. The Morgan fingerprint density at radius 3 is 2.75 bits per heavy atom. The standard InChI is InChI=1S/C32H40ClFN4OS/c1-4-18-39-32(40)22-38-30-13-10-23(5-2)19-29(30)36-31(38)21-37-16-14-25(15-17-37)28(35-3)9-7-6-8-24-11-12-26(33)20-27(24)34/h6-7,9-13,19-20,25,32,40H,3-5,8,14-18,21-22H2,1-2H3/b7-6-,28-9-. The second-order valence-electron chi connectivity index (χ2n) is 10.3. The molecule has 0 saturated carbocycles. The molecular formula is C32H40ClFN4OS. The van der Waals surface area contributed by atoms with Crippen molar-refractivity contribution in [2.24, 2.45) is 10.9 Å². The molecule has 0 aliphatic carbocycles. The van der Waals surface area contributed by atoms with Crippen molar-refractivity contribution in [3.8, 4) is 0 Å². The number of ether oxygens (including phenoxy) is 1. The highest BCUT2D eigenvalue weighted by Gasteiger charge is 2.24. The minimum atomic E-state index is -0.284. The largest absolute Gasteiger partial charge is 0.366 e. The molecule has 40 heavy (non-hydrogen) atoms. The van der Waals surface area contributed by atoms with Crippen LogP contribution in [0.15, 0.2) is 65.3 Å². The van der Waals surface area contributed by atoms with E-state index >= 15 is 0 Å². The van der Waals surface area contributed by atoms with Gasteiger partial charge < -0.3 is 9.30 Å². The van der Waals surface area contributed by atoms with Crippen LogP contribution in [0.5, 0.6) is 0 Å². The zero-order valence-corrected chi connectivity index (χ0v) is 25.2. The lowest BCUT2D eigenvalue weighted by Gasteiger charge is -2.32. The molecule has 2 aromatic carbocycles. The number of aliphatic imine (C=N–C) groups is 1. The maximum Gasteiger partial charge on any atom is 0.128 e. The fourth-order valence-corrected chi connectivity index (χ4v) is 5.61. The van der Waals surface area contributed by atoms with E-state index in [1.807, 2.05) is 18.2 Å². The zero-order valence-electron chi connectivity index (χ0n) is 23.5. The van der Waals surface area contributed by atoms with Crippen LogP contribution in [-0.4, -0.2) is 46.3 Å². The zero-order chi connectivity index (χ0) is 28.5. The number of imidazole rings is 1. The minimum Gasteiger partial charge on any atom is -0.366 e. The molecule has 0 N–H and O–H groups in total. The van der Waals surface area contributed by atoms with Crippen molar-refractivity contribution in [2.75, 3.05) is 19.7 Å². The third kappa shape index (κ3) is 8.06. The summed E-state index contributed by atoms with van der Waals surface area (Å²) < 4.78 is 22.2. The molecule has 2 heterocycles. The first kappa shape index (κ1) is 30.5. The number of fused-ring (bicyclic) bond motifs is 1. The SMILES string of the molecule is C=N/C(=C\C=C/Cc1ccc(Cl)cc1F)C1CCN(Cc2nc3cc(CC)ccc3n2CC(S)OCCC)CC1. The quantitative estimate of drug-likeness (QED) is 0.0973. The van der Waals surface area contributed by atoms with Gasteiger partial charge in [0, 0.05) is 23.2 Å². The number of thiol groups is 1. The van der Waals surface area contributed by atoms with Crippen LogP contribution >= 0.6 is 24.2 Å². The van der Waals surface area contributed by atoms with E-state index in [0.29, 0.717) is 36.1 Å². The molecule has 1 fully saturated rings. The monoisotopic (exact) mass is 582 g/mol. The average molecular weight is 583 g/mol. The number of allylic oxidation sites excluding steroid dienone is 4. The molecule has 1 aliphatic rings. The lowest BCUT2D eigenvalue weighted by atomic mass is 9.93. The van der Waals surface area contributed by atoms with E-state index in [-0.39, 0.29) is 11.3 Å². The first-order valence-electron chi connectivity index (χ1n) is 14.2. The first-order chi connectivity index (χ1) is 19.4. The Morgan fingerprint density at radius 2 is 2.05 bits per heavy atom. The van der Waals surface area contributed by atoms with E-state index in [9.17, 15) is 4.39 Å². The Hall–Kier alpha value is -2.45. The van der Waals surface area contributed by atoms with Crippen LogP contribution in [0.4, 0.5) is 4.39 Å². The molecule has 4 rings (SSSR count). The summed E-state index contributed by atoms with van der Waals surface area (Å²) in [4.78, 5) is 11.8. The van der Waals surface area contributed by atoms with Crippen molar-refractivity contribution in [1.29, 1.82) is 0 Å². The number of aryl methyl sites for hydroxylation is 1. The van der Waals surface area contributed by atoms with E-state index < -0.39 is 0 Å². The van der Waals surface area contributed by atoms with Crippen LogP contribution in [0.25, 0.3) is 11.0 Å². The number of aromatic nitrogens is 2. The minimum absolute atomic E-state index is 0.178. The van der Waals surface area contributed by atoms with Gasteiger partial charge in [-0.3, -0.25) is 9.89 Å². The third-order valence-corrected chi connectivity index (χ3v) is 8.01. The van der Waals surface area contributed by atoms with Gasteiger partial charge in [-0.25, -0.2) is 9.37 Å². The van der Waals surface area contributed by atoms with Gasteiger partial charge in [-0.2, -0.15) is 0 Å². The number of hydrogen-bond donors (Lipinski definition) is 1. The molecule has 5 nitrogen and oxygen atoms in total. The second-order valence-corrected chi connectivity index (χ2v) is 11.3. The summed E-state index contributed by atoms with van der Waals surface area (Å²) in [5.41, 5.74) is 4.88. The molecule has 1 aromatic heterocycles. The summed E-state index contributed by atoms with van der Waals surface area (Å²) >= 11 is 10.6. The molecule has 0 amide bonds. The first-order valence-corrected chi connectivity index (χ1v) is 15.1. The summed E-state index contributed by atoms with van der Waals surface area (Å²) in [6.07, 6.45) is 10.4. The van der Waals surface area contributed by atoms with Crippen LogP contribution in [0, 0.1) is 11.7 Å². The maximum absolute atomic E-state index is 14.0. The molecule has 1 aliphatic heterocycles. The Kier molecular flexibility index (Phi) is 11.4. The summed E-state index contributed by atoms with van der Waals surface area (Å²) in [7, 11) is 0. The lowest BCUT2D eigenvalue weighted by molar-refractivity contribution is 0.102. The second kappa shape index (κ2) is 15.0. The molecular weight excluding hydrogens is 543 g/mol. The molecule has 8 heteroatoms. The van der Waals surface area contributed by atoms with Crippen molar-refractivity contribution >= 4 is 42.0 Å². The number of nitrogens with zero attached hydrogens (tertiary/aromatic N) is 4. The normalized spacial score (nSPS) is 16.3. The molecule has 0 spiro atoms. The van der Waals surface area contributed by atoms with Gasteiger partial charge in [-0.15, -0.1) is 12.6 Å². The lowest BCUT2D eigenvalue weighted by Crippen LogP contribution is -2.34. The molecule has 1 atom stereocenters. The molecule has 1 unspecified atom stereocenters. The highest BCUT2D eigenvalue weighted by molar-refractivity contribution is 7.80. The van der Waals surface area contributed by atoms with E-state index in [2.05, 4.69) is 53.2 Å².